The molecule has 4 heteroatoms. The molecule has 0 radical (unpaired) electrons. The summed E-state index contributed by atoms with van der Waals surface area (Å²) < 4.78 is 28.2. The third-order valence-corrected chi connectivity index (χ3v) is 3.27. The Labute approximate surface area is 111 Å². The number of hydrogen-bond acceptors (Lipinski definition) is 2. The molecule has 0 saturated heterocycles. The number of aryl methyl sites for hydroxylation is 2. The molecule has 1 heterocycles. The van der Waals surface area contributed by atoms with Crippen LogP contribution in [0.3, 0.4) is 0 Å². The maximum absolute atomic E-state index is 14.2. The molecule has 1 N–H and O–H groups in total. The molecule has 0 aliphatic carbocycles. The predicted molar refractivity (Wildman–Crippen MR) is 71.0 cm³/mol. The number of rotatable bonds is 3. The van der Waals surface area contributed by atoms with Crippen molar-refractivity contribution in [3.63, 3.8) is 0 Å². The molecule has 0 spiro atoms. The normalized spacial score (nSPS) is 12.5. The van der Waals surface area contributed by atoms with Crippen molar-refractivity contribution >= 4 is 0 Å². The highest BCUT2D eigenvalue weighted by Crippen LogP contribution is 2.29. The second-order valence-corrected chi connectivity index (χ2v) is 4.55. The molecule has 0 aliphatic heterocycles. The molecule has 0 amide bonds. The number of pyridine rings is 1. The Morgan fingerprint density at radius 2 is 1.84 bits per heavy atom. The standard InChI is InChI=1S/C15H16F2N2/c1-9-4-5-12(16)13(14(9)17)15(18-3)11-6-7-19-8-10(11)2/h4-8,15,18H,1-3H3. The smallest absolute Gasteiger partial charge is 0.134 e. The van der Waals surface area contributed by atoms with Crippen LogP contribution in [-0.4, -0.2) is 12.0 Å². The maximum Gasteiger partial charge on any atom is 0.134 e. The molecule has 1 atom stereocenters. The van der Waals surface area contributed by atoms with E-state index in [9.17, 15) is 8.78 Å². The second-order valence-electron chi connectivity index (χ2n) is 4.55. The average molecular weight is 262 g/mol. The van der Waals surface area contributed by atoms with Crippen molar-refractivity contribution in [2.75, 3.05) is 7.05 Å². The van der Waals surface area contributed by atoms with E-state index >= 15 is 0 Å². The Kier molecular flexibility index (Phi) is 3.90. The van der Waals surface area contributed by atoms with Gasteiger partial charge in [-0.15, -0.1) is 0 Å². The molecule has 0 fully saturated rings. The minimum atomic E-state index is -0.543. The molecule has 1 unspecified atom stereocenters. The Morgan fingerprint density at radius 1 is 1.11 bits per heavy atom. The number of benzene rings is 1. The molecule has 0 aliphatic rings. The van der Waals surface area contributed by atoms with E-state index in [0.717, 1.165) is 11.1 Å². The Morgan fingerprint density at radius 3 is 2.47 bits per heavy atom. The van der Waals surface area contributed by atoms with Crippen molar-refractivity contribution in [3.05, 3.63) is 64.5 Å². The van der Waals surface area contributed by atoms with Crippen molar-refractivity contribution in [1.82, 2.24) is 10.3 Å². The minimum Gasteiger partial charge on any atom is -0.309 e. The molecular formula is C15H16F2N2. The van der Waals surface area contributed by atoms with Gasteiger partial charge >= 0.3 is 0 Å². The average Bonchev–Trinajstić information content (AvgIpc) is 2.40. The van der Waals surface area contributed by atoms with E-state index < -0.39 is 17.7 Å². The van der Waals surface area contributed by atoms with Gasteiger partial charge in [0, 0.05) is 18.0 Å². The molecule has 2 rings (SSSR count). The topological polar surface area (TPSA) is 24.9 Å². The molecule has 1 aromatic heterocycles. The van der Waals surface area contributed by atoms with E-state index in [4.69, 9.17) is 0 Å². The molecule has 100 valence electrons. The summed E-state index contributed by atoms with van der Waals surface area (Å²) in [5, 5.41) is 2.98. The van der Waals surface area contributed by atoms with Crippen molar-refractivity contribution in [3.8, 4) is 0 Å². The first-order chi connectivity index (χ1) is 9.06. The van der Waals surface area contributed by atoms with Gasteiger partial charge in [-0.2, -0.15) is 0 Å². The fourth-order valence-electron chi connectivity index (χ4n) is 2.21. The van der Waals surface area contributed by atoms with Crippen LogP contribution < -0.4 is 5.32 Å². The van der Waals surface area contributed by atoms with Gasteiger partial charge in [-0.05, 0) is 49.7 Å². The van der Waals surface area contributed by atoms with Crippen molar-refractivity contribution in [2.45, 2.75) is 19.9 Å². The zero-order valence-electron chi connectivity index (χ0n) is 11.2. The first kappa shape index (κ1) is 13.6. The predicted octanol–water partition coefficient (Wildman–Crippen LogP) is 3.29. The zero-order valence-corrected chi connectivity index (χ0v) is 11.2. The number of nitrogens with zero attached hydrogens (tertiary/aromatic N) is 1. The Bertz CT molecular complexity index is 597. The first-order valence-corrected chi connectivity index (χ1v) is 6.08. The lowest BCUT2D eigenvalue weighted by molar-refractivity contribution is 0.516. The van der Waals surface area contributed by atoms with E-state index in [0.29, 0.717) is 5.56 Å². The molecule has 0 bridgehead atoms. The van der Waals surface area contributed by atoms with Crippen LogP contribution in [-0.2, 0) is 0 Å². The van der Waals surface area contributed by atoms with Crippen LogP contribution in [0.15, 0.2) is 30.6 Å². The summed E-state index contributed by atoms with van der Waals surface area (Å²) in [5.74, 6) is -1.05. The van der Waals surface area contributed by atoms with Crippen molar-refractivity contribution in [1.29, 1.82) is 0 Å². The highest BCUT2D eigenvalue weighted by molar-refractivity contribution is 5.38. The van der Waals surface area contributed by atoms with Gasteiger partial charge < -0.3 is 5.32 Å². The van der Waals surface area contributed by atoms with Crippen LogP contribution in [0.1, 0.15) is 28.3 Å². The SMILES string of the molecule is CNC(c1ccncc1C)c1c(F)ccc(C)c1F. The molecule has 1 aromatic carbocycles. The number of hydrogen-bond donors (Lipinski definition) is 1. The number of halogens is 2. The van der Waals surface area contributed by atoms with Gasteiger partial charge in [0.15, 0.2) is 0 Å². The van der Waals surface area contributed by atoms with Crippen molar-refractivity contribution in [2.24, 2.45) is 0 Å². The van der Waals surface area contributed by atoms with Crippen LogP contribution in [0.4, 0.5) is 8.78 Å². The summed E-state index contributed by atoms with van der Waals surface area (Å²) in [4.78, 5) is 4.00. The highest BCUT2D eigenvalue weighted by Gasteiger charge is 2.22. The van der Waals surface area contributed by atoms with Gasteiger partial charge in [0.25, 0.3) is 0 Å². The van der Waals surface area contributed by atoms with Crippen LogP contribution in [0, 0.1) is 25.5 Å². The lowest BCUT2D eigenvalue weighted by Crippen LogP contribution is -2.22. The third kappa shape index (κ3) is 2.49. The largest absolute Gasteiger partial charge is 0.309 e. The quantitative estimate of drug-likeness (QED) is 0.918. The van der Waals surface area contributed by atoms with Gasteiger partial charge in [0.2, 0.25) is 0 Å². The summed E-state index contributed by atoms with van der Waals surface area (Å²) in [6, 6.07) is 4.00. The summed E-state index contributed by atoms with van der Waals surface area (Å²) in [6.45, 7) is 3.50. The van der Waals surface area contributed by atoms with Gasteiger partial charge in [-0.1, -0.05) is 6.07 Å². The summed E-state index contributed by atoms with van der Waals surface area (Å²) in [5.41, 5.74) is 2.20. The fourth-order valence-corrected chi connectivity index (χ4v) is 2.21. The summed E-state index contributed by atoms with van der Waals surface area (Å²) in [6.07, 6.45) is 3.31. The molecule has 19 heavy (non-hydrogen) atoms. The van der Waals surface area contributed by atoms with Crippen LogP contribution in [0.25, 0.3) is 0 Å². The second kappa shape index (κ2) is 5.45. The maximum atomic E-state index is 14.2. The van der Waals surface area contributed by atoms with Gasteiger partial charge in [0.1, 0.15) is 11.6 Å². The minimum absolute atomic E-state index is 0.0526. The number of aromatic nitrogens is 1. The fraction of sp³-hybridized carbons (Fsp3) is 0.267. The van der Waals surface area contributed by atoms with E-state index in [1.54, 1.807) is 32.4 Å². The monoisotopic (exact) mass is 262 g/mol. The molecule has 2 nitrogen and oxygen atoms in total. The van der Waals surface area contributed by atoms with Gasteiger partial charge in [-0.3, -0.25) is 4.98 Å². The van der Waals surface area contributed by atoms with Crippen LogP contribution >= 0.6 is 0 Å². The van der Waals surface area contributed by atoms with Crippen LogP contribution in [0.5, 0.6) is 0 Å². The lowest BCUT2D eigenvalue weighted by atomic mass is 9.94. The summed E-state index contributed by atoms with van der Waals surface area (Å²) in [7, 11) is 1.69. The van der Waals surface area contributed by atoms with E-state index in [2.05, 4.69) is 10.3 Å². The van der Waals surface area contributed by atoms with E-state index in [-0.39, 0.29) is 5.56 Å². The van der Waals surface area contributed by atoms with E-state index in [1.807, 2.05) is 6.92 Å². The van der Waals surface area contributed by atoms with Crippen molar-refractivity contribution < 1.29 is 8.78 Å². The third-order valence-electron chi connectivity index (χ3n) is 3.27. The van der Waals surface area contributed by atoms with E-state index in [1.165, 1.54) is 12.1 Å². The lowest BCUT2D eigenvalue weighted by Gasteiger charge is -2.21. The van der Waals surface area contributed by atoms with Gasteiger partial charge in [0.05, 0.1) is 6.04 Å². The highest BCUT2D eigenvalue weighted by atomic mass is 19.1. The van der Waals surface area contributed by atoms with Crippen LogP contribution in [0.2, 0.25) is 0 Å². The summed E-state index contributed by atoms with van der Waals surface area (Å²) >= 11 is 0. The first-order valence-electron chi connectivity index (χ1n) is 6.08. The number of nitrogens with one attached hydrogen (secondary N) is 1. The zero-order chi connectivity index (χ0) is 14.0. The molecule has 0 saturated carbocycles. The Hall–Kier alpha value is -1.81. The molecule has 2 aromatic rings. The Balaban J connectivity index is 2.61. The van der Waals surface area contributed by atoms with Gasteiger partial charge in [-0.25, -0.2) is 8.78 Å². The molecular weight excluding hydrogens is 246 g/mol.